The van der Waals surface area contributed by atoms with Gasteiger partial charge in [-0.15, -0.1) is 0 Å². The zero-order valence-corrected chi connectivity index (χ0v) is 4.93. The number of nitrogens with one attached hydrogen (secondary N) is 1. The number of carbonyl (C=O) groups is 1. The second-order valence-electron chi connectivity index (χ2n) is 2.27. The van der Waals surface area contributed by atoms with E-state index in [1.54, 1.807) is 0 Å². The average Bonchev–Trinajstić information content (AvgIpc) is 1.79. The number of alkyl halides is 1. The summed E-state index contributed by atoms with van der Waals surface area (Å²) in [7, 11) is 0. The summed E-state index contributed by atoms with van der Waals surface area (Å²) in [5, 5.41) is 0. The second kappa shape index (κ2) is 2.31. The van der Waals surface area contributed by atoms with E-state index >= 15 is 0 Å². The van der Waals surface area contributed by atoms with E-state index in [-0.39, 0.29) is 11.8 Å². The number of carbonyl (C=O) groups excluding carboxylic acids is 1. The van der Waals surface area contributed by atoms with Crippen LogP contribution in [0.5, 0.6) is 0 Å². The molecule has 1 rings (SSSR count). The molecule has 0 aromatic carbocycles. The van der Waals surface area contributed by atoms with Gasteiger partial charge in [0.25, 0.3) is 0 Å². The number of nitrogens with two attached hydrogens (primary N) is 1. The third-order valence-corrected chi connectivity index (χ3v) is 1.59. The predicted molar refractivity (Wildman–Crippen MR) is 30.0 cm³/mol. The molecule has 0 aliphatic heterocycles. The van der Waals surface area contributed by atoms with E-state index in [1.165, 1.54) is 0 Å². The highest BCUT2D eigenvalue weighted by atomic mass is 19.1. The summed E-state index contributed by atoms with van der Waals surface area (Å²) in [5.74, 6) is 4.38. The van der Waals surface area contributed by atoms with Crippen molar-refractivity contribution in [1.82, 2.24) is 5.43 Å². The van der Waals surface area contributed by atoms with Crippen molar-refractivity contribution in [2.75, 3.05) is 0 Å². The van der Waals surface area contributed by atoms with Gasteiger partial charge in [0.2, 0.25) is 5.91 Å². The highest BCUT2D eigenvalue weighted by molar-refractivity contribution is 5.78. The zero-order chi connectivity index (χ0) is 6.85. The first kappa shape index (κ1) is 6.48. The van der Waals surface area contributed by atoms with Gasteiger partial charge in [-0.1, -0.05) is 0 Å². The summed E-state index contributed by atoms with van der Waals surface area (Å²) in [4.78, 5) is 10.5. The Bertz CT molecular complexity index is 122. The predicted octanol–water partition coefficient (Wildman–Crippen LogP) is -0.276. The van der Waals surface area contributed by atoms with Crippen LogP contribution in [0.2, 0.25) is 0 Å². The van der Waals surface area contributed by atoms with Gasteiger partial charge in [0, 0.05) is 5.92 Å². The van der Waals surface area contributed by atoms with Crippen LogP contribution in [-0.2, 0) is 4.79 Å². The first-order valence-corrected chi connectivity index (χ1v) is 2.88. The van der Waals surface area contributed by atoms with Gasteiger partial charge in [-0.2, -0.15) is 0 Å². The Hall–Kier alpha value is -0.640. The summed E-state index contributed by atoms with van der Waals surface area (Å²) in [6, 6.07) is 0. The maximum atomic E-state index is 12.0. The number of hydrogen-bond donors (Lipinski definition) is 2. The zero-order valence-electron chi connectivity index (χ0n) is 4.93. The minimum Gasteiger partial charge on any atom is -0.294 e. The lowest BCUT2D eigenvalue weighted by molar-refractivity contribution is -0.129. The monoisotopic (exact) mass is 132 g/mol. The third-order valence-electron chi connectivity index (χ3n) is 1.59. The molecule has 0 spiro atoms. The van der Waals surface area contributed by atoms with Crippen molar-refractivity contribution in [2.45, 2.75) is 19.0 Å². The molecule has 1 fully saturated rings. The van der Waals surface area contributed by atoms with E-state index in [4.69, 9.17) is 5.84 Å². The number of rotatable bonds is 1. The van der Waals surface area contributed by atoms with Crippen molar-refractivity contribution in [3.63, 3.8) is 0 Å². The first-order valence-electron chi connectivity index (χ1n) is 2.88. The van der Waals surface area contributed by atoms with Crippen LogP contribution in [-0.4, -0.2) is 12.1 Å². The van der Waals surface area contributed by atoms with E-state index < -0.39 is 6.17 Å². The quantitative estimate of drug-likeness (QED) is 0.293. The van der Waals surface area contributed by atoms with E-state index in [2.05, 4.69) is 0 Å². The number of hydrazine groups is 1. The Balaban J connectivity index is 2.23. The topological polar surface area (TPSA) is 55.1 Å². The minimum atomic E-state index is -0.785. The minimum absolute atomic E-state index is 0.176. The fourth-order valence-corrected chi connectivity index (χ4v) is 0.880. The molecule has 0 atom stereocenters. The first-order chi connectivity index (χ1) is 4.24. The summed E-state index contributed by atoms with van der Waals surface area (Å²) in [6.07, 6.45) is -0.112. The highest BCUT2D eigenvalue weighted by Crippen LogP contribution is 2.29. The molecule has 52 valence electrons. The smallest absolute Gasteiger partial charge is 0.237 e. The van der Waals surface area contributed by atoms with Crippen LogP contribution in [0.15, 0.2) is 0 Å². The van der Waals surface area contributed by atoms with Gasteiger partial charge >= 0.3 is 0 Å². The molecule has 3 N–H and O–H groups in total. The molecule has 0 aromatic rings. The molecule has 1 saturated carbocycles. The highest BCUT2D eigenvalue weighted by Gasteiger charge is 2.33. The average molecular weight is 132 g/mol. The van der Waals surface area contributed by atoms with Crippen LogP contribution in [0, 0.1) is 5.92 Å². The van der Waals surface area contributed by atoms with Crippen LogP contribution in [0.1, 0.15) is 12.8 Å². The SMILES string of the molecule is NNC(=O)[C@H]1C[C@@H](F)C1. The molecular weight excluding hydrogens is 123 g/mol. The summed E-state index contributed by atoms with van der Waals surface area (Å²) in [6.45, 7) is 0. The maximum Gasteiger partial charge on any atom is 0.237 e. The standard InChI is InChI=1S/C5H9FN2O/c6-4-1-3(2-4)5(9)8-7/h3-4H,1-2,7H2,(H,8,9)/t3-,4+. The molecule has 1 aliphatic rings. The van der Waals surface area contributed by atoms with Crippen molar-refractivity contribution in [2.24, 2.45) is 11.8 Å². The molecule has 1 amide bonds. The Morgan fingerprint density at radius 3 is 2.56 bits per heavy atom. The van der Waals surface area contributed by atoms with Gasteiger partial charge < -0.3 is 0 Å². The Morgan fingerprint density at radius 1 is 1.67 bits per heavy atom. The lowest BCUT2D eigenvalue weighted by Crippen LogP contribution is -2.42. The van der Waals surface area contributed by atoms with Crippen molar-refractivity contribution in [3.05, 3.63) is 0 Å². The van der Waals surface area contributed by atoms with Gasteiger partial charge in [-0.3, -0.25) is 10.2 Å². The van der Waals surface area contributed by atoms with Gasteiger partial charge in [0.05, 0.1) is 0 Å². The fraction of sp³-hybridized carbons (Fsp3) is 0.800. The van der Waals surface area contributed by atoms with E-state index in [0.717, 1.165) is 0 Å². The molecule has 0 aromatic heterocycles. The maximum absolute atomic E-state index is 12.0. The third kappa shape index (κ3) is 1.18. The molecule has 0 saturated heterocycles. The van der Waals surface area contributed by atoms with Gasteiger partial charge in [0.15, 0.2) is 0 Å². The van der Waals surface area contributed by atoms with Crippen LogP contribution in [0.4, 0.5) is 4.39 Å². The van der Waals surface area contributed by atoms with Crippen LogP contribution in [0.3, 0.4) is 0 Å². The van der Waals surface area contributed by atoms with Crippen molar-refractivity contribution in [3.8, 4) is 0 Å². The molecular formula is C5H9FN2O. The van der Waals surface area contributed by atoms with Gasteiger partial charge in [-0.05, 0) is 12.8 Å². The molecule has 0 heterocycles. The van der Waals surface area contributed by atoms with Gasteiger partial charge in [-0.25, -0.2) is 10.2 Å². The fourth-order valence-electron chi connectivity index (χ4n) is 0.880. The van der Waals surface area contributed by atoms with E-state index in [0.29, 0.717) is 12.8 Å². The lowest BCUT2D eigenvalue weighted by atomic mass is 9.83. The lowest BCUT2D eigenvalue weighted by Gasteiger charge is -2.27. The van der Waals surface area contributed by atoms with Crippen molar-refractivity contribution in [1.29, 1.82) is 0 Å². The number of amides is 1. The Morgan fingerprint density at radius 2 is 2.22 bits per heavy atom. The van der Waals surface area contributed by atoms with Crippen molar-refractivity contribution < 1.29 is 9.18 Å². The second-order valence-corrected chi connectivity index (χ2v) is 2.27. The Labute approximate surface area is 52.4 Å². The van der Waals surface area contributed by atoms with E-state index in [9.17, 15) is 9.18 Å². The van der Waals surface area contributed by atoms with Gasteiger partial charge in [0.1, 0.15) is 6.17 Å². The summed E-state index contributed by atoms with van der Waals surface area (Å²) < 4.78 is 12.0. The molecule has 4 heteroatoms. The largest absolute Gasteiger partial charge is 0.294 e. The molecule has 3 nitrogen and oxygen atoms in total. The molecule has 0 bridgehead atoms. The summed E-state index contributed by atoms with van der Waals surface area (Å²) >= 11 is 0. The normalized spacial score (nSPS) is 33.1. The molecule has 9 heavy (non-hydrogen) atoms. The molecule has 0 radical (unpaired) electrons. The molecule has 1 aliphatic carbocycles. The summed E-state index contributed by atoms with van der Waals surface area (Å²) in [5.41, 5.74) is 1.98. The van der Waals surface area contributed by atoms with Crippen molar-refractivity contribution >= 4 is 5.91 Å². The molecule has 0 unspecified atom stereocenters. The van der Waals surface area contributed by atoms with Crippen LogP contribution in [0.25, 0.3) is 0 Å². The number of hydrogen-bond acceptors (Lipinski definition) is 2. The number of halogens is 1. The van der Waals surface area contributed by atoms with Crippen LogP contribution >= 0.6 is 0 Å². The Kier molecular flexibility index (Phi) is 1.66. The van der Waals surface area contributed by atoms with E-state index in [1.807, 2.05) is 5.43 Å². The van der Waals surface area contributed by atoms with Crippen LogP contribution < -0.4 is 11.3 Å².